The second-order valence-corrected chi connectivity index (χ2v) is 5.91. The van der Waals surface area contributed by atoms with Gasteiger partial charge in [0.1, 0.15) is 0 Å². The van der Waals surface area contributed by atoms with Crippen LogP contribution < -0.4 is 5.32 Å². The molecule has 3 nitrogen and oxygen atoms in total. The molecule has 1 atom stereocenters. The van der Waals surface area contributed by atoms with Crippen molar-refractivity contribution in [3.8, 4) is 0 Å². The van der Waals surface area contributed by atoms with Crippen LogP contribution in [0.1, 0.15) is 37.7 Å². The molecule has 0 radical (unpaired) electrons. The van der Waals surface area contributed by atoms with Crippen molar-refractivity contribution in [3.63, 3.8) is 0 Å². The zero-order chi connectivity index (χ0) is 13.7. The second-order valence-electron chi connectivity index (χ2n) is 5.06. The fraction of sp³-hybridized carbons (Fsp3) is 0.533. The highest BCUT2D eigenvalue weighted by Crippen LogP contribution is 2.24. The van der Waals surface area contributed by atoms with E-state index >= 15 is 0 Å². The molecule has 2 rings (SSSR count). The summed E-state index contributed by atoms with van der Waals surface area (Å²) in [7, 11) is 0. The fourth-order valence-corrected chi connectivity index (χ4v) is 2.62. The Morgan fingerprint density at radius 2 is 2.32 bits per heavy atom. The molecule has 1 N–H and O–H groups in total. The highest BCUT2D eigenvalue weighted by atomic mass is 79.9. The Balaban J connectivity index is 1.81. The van der Waals surface area contributed by atoms with Gasteiger partial charge < -0.3 is 10.1 Å². The van der Waals surface area contributed by atoms with E-state index in [-0.39, 0.29) is 12.0 Å². The van der Waals surface area contributed by atoms with Gasteiger partial charge in [0.25, 0.3) is 0 Å². The second kappa shape index (κ2) is 7.06. The lowest BCUT2D eigenvalue weighted by molar-refractivity contribution is -0.117. The summed E-state index contributed by atoms with van der Waals surface area (Å²) in [5.74, 6) is 0.0560. The largest absolute Gasteiger partial charge is 0.378 e. The molecule has 1 fully saturated rings. The number of hydrogen-bond donors (Lipinski definition) is 1. The van der Waals surface area contributed by atoms with Crippen LogP contribution in [0.2, 0.25) is 0 Å². The van der Waals surface area contributed by atoms with E-state index in [2.05, 4.69) is 21.2 Å². The average molecular weight is 326 g/mol. The van der Waals surface area contributed by atoms with Crippen LogP contribution in [0.25, 0.3) is 0 Å². The lowest BCUT2D eigenvalue weighted by Crippen LogP contribution is -2.21. The van der Waals surface area contributed by atoms with Gasteiger partial charge in [-0.25, -0.2) is 0 Å². The summed E-state index contributed by atoms with van der Waals surface area (Å²) in [4.78, 5) is 11.9. The number of aryl methyl sites for hydroxylation is 1. The number of ether oxygens (including phenoxy) is 1. The summed E-state index contributed by atoms with van der Waals surface area (Å²) >= 11 is 3.45. The predicted molar refractivity (Wildman–Crippen MR) is 80.3 cm³/mol. The number of carbonyl (C=O) groups is 1. The van der Waals surface area contributed by atoms with E-state index in [1.54, 1.807) is 0 Å². The van der Waals surface area contributed by atoms with Crippen molar-refractivity contribution >= 4 is 27.5 Å². The monoisotopic (exact) mass is 325 g/mol. The molecule has 1 aliphatic rings. The molecule has 1 aromatic carbocycles. The molecule has 0 bridgehead atoms. The van der Waals surface area contributed by atoms with Crippen LogP contribution >= 0.6 is 15.9 Å². The first-order valence-electron chi connectivity index (χ1n) is 6.83. The van der Waals surface area contributed by atoms with E-state index in [9.17, 15) is 4.79 Å². The minimum atomic E-state index is 0.0560. The number of hydrogen-bond acceptors (Lipinski definition) is 2. The summed E-state index contributed by atoms with van der Waals surface area (Å²) in [5.41, 5.74) is 1.98. The molecular formula is C15H20BrNO2. The van der Waals surface area contributed by atoms with Gasteiger partial charge in [-0.15, -0.1) is 0 Å². The molecule has 1 amide bonds. The SMILES string of the molecule is Cc1ccc(Br)c(NC(=O)CCC2CCCCO2)c1. The quantitative estimate of drug-likeness (QED) is 0.907. The molecule has 0 aliphatic carbocycles. The summed E-state index contributed by atoms with van der Waals surface area (Å²) < 4.78 is 6.55. The molecule has 4 heteroatoms. The number of anilines is 1. The van der Waals surface area contributed by atoms with Crippen LogP contribution in [0, 0.1) is 6.92 Å². The summed E-state index contributed by atoms with van der Waals surface area (Å²) in [6, 6.07) is 5.93. The molecule has 104 valence electrons. The van der Waals surface area contributed by atoms with Gasteiger partial charge in [-0.2, -0.15) is 0 Å². The molecule has 0 saturated carbocycles. The van der Waals surface area contributed by atoms with Crippen molar-refractivity contribution in [1.82, 2.24) is 0 Å². The summed E-state index contributed by atoms with van der Waals surface area (Å²) in [5, 5.41) is 2.95. The molecule has 0 spiro atoms. The normalized spacial score (nSPS) is 19.2. The fourth-order valence-electron chi connectivity index (χ4n) is 2.27. The predicted octanol–water partition coefficient (Wildman–Crippen LogP) is 4.05. The van der Waals surface area contributed by atoms with E-state index in [1.165, 1.54) is 6.42 Å². The third kappa shape index (κ3) is 4.62. The standard InChI is InChI=1S/C15H20BrNO2/c1-11-5-7-13(16)14(10-11)17-15(18)8-6-12-4-2-3-9-19-12/h5,7,10,12H,2-4,6,8-9H2,1H3,(H,17,18). The highest BCUT2D eigenvalue weighted by molar-refractivity contribution is 9.10. The molecule has 1 aromatic rings. The van der Waals surface area contributed by atoms with Gasteiger partial charge in [0.2, 0.25) is 5.91 Å². The number of rotatable bonds is 4. The summed E-state index contributed by atoms with van der Waals surface area (Å²) in [6.45, 7) is 2.85. The van der Waals surface area contributed by atoms with Crippen molar-refractivity contribution in [1.29, 1.82) is 0 Å². The Labute approximate surface area is 122 Å². The third-order valence-electron chi connectivity index (χ3n) is 3.36. The Morgan fingerprint density at radius 1 is 1.47 bits per heavy atom. The van der Waals surface area contributed by atoms with Crippen LogP contribution in [-0.2, 0) is 9.53 Å². The molecule has 1 unspecified atom stereocenters. The number of halogens is 1. The van der Waals surface area contributed by atoms with E-state index in [0.29, 0.717) is 6.42 Å². The maximum atomic E-state index is 11.9. The van der Waals surface area contributed by atoms with E-state index in [4.69, 9.17) is 4.74 Å². The zero-order valence-corrected chi connectivity index (χ0v) is 12.8. The molecule has 1 saturated heterocycles. The van der Waals surface area contributed by atoms with Gasteiger partial charge in [0.15, 0.2) is 0 Å². The van der Waals surface area contributed by atoms with Gasteiger partial charge >= 0.3 is 0 Å². The molecule has 0 aromatic heterocycles. The lowest BCUT2D eigenvalue weighted by atomic mass is 10.0. The first-order valence-corrected chi connectivity index (χ1v) is 7.62. The number of amides is 1. The average Bonchev–Trinajstić information content (AvgIpc) is 2.42. The lowest BCUT2D eigenvalue weighted by Gasteiger charge is -2.22. The molecule has 19 heavy (non-hydrogen) atoms. The van der Waals surface area contributed by atoms with E-state index in [0.717, 1.165) is 41.6 Å². The van der Waals surface area contributed by atoms with Gasteiger partial charge in [0.05, 0.1) is 11.8 Å². The van der Waals surface area contributed by atoms with Crippen LogP contribution in [0.3, 0.4) is 0 Å². The van der Waals surface area contributed by atoms with Gasteiger partial charge in [-0.3, -0.25) is 4.79 Å². The van der Waals surface area contributed by atoms with Crippen LogP contribution in [0.5, 0.6) is 0 Å². The van der Waals surface area contributed by atoms with Gasteiger partial charge in [-0.1, -0.05) is 6.07 Å². The Hall–Kier alpha value is -0.870. The van der Waals surface area contributed by atoms with Crippen molar-refractivity contribution in [2.24, 2.45) is 0 Å². The Bertz CT molecular complexity index is 442. The minimum absolute atomic E-state index is 0.0560. The maximum absolute atomic E-state index is 11.9. The molecular weight excluding hydrogens is 306 g/mol. The number of nitrogens with one attached hydrogen (secondary N) is 1. The third-order valence-corrected chi connectivity index (χ3v) is 4.05. The van der Waals surface area contributed by atoms with Crippen molar-refractivity contribution in [3.05, 3.63) is 28.2 Å². The highest BCUT2D eigenvalue weighted by Gasteiger charge is 2.15. The van der Waals surface area contributed by atoms with Crippen LogP contribution in [0.4, 0.5) is 5.69 Å². The Kier molecular flexibility index (Phi) is 5.40. The zero-order valence-electron chi connectivity index (χ0n) is 11.2. The van der Waals surface area contributed by atoms with E-state index in [1.807, 2.05) is 25.1 Å². The van der Waals surface area contributed by atoms with Gasteiger partial charge in [-0.05, 0) is 66.2 Å². The number of benzene rings is 1. The molecule has 1 heterocycles. The van der Waals surface area contributed by atoms with Crippen molar-refractivity contribution in [2.75, 3.05) is 11.9 Å². The van der Waals surface area contributed by atoms with Crippen molar-refractivity contribution in [2.45, 2.75) is 45.1 Å². The van der Waals surface area contributed by atoms with Crippen molar-refractivity contribution < 1.29 is 9.53 Å². The first-order chi connectivity index (χ1) is 9.15. The summed E-state index contributed by atoms with van der Waals surface area (Å²) in [6.07, 6.45) is 5.05. The molecule has 1 aliphatic heterocycles. The first kappa shape index (κ1) is 14.5. The Morgan fingerprint density at radius 3 is 3.05 bits per heavy atom. The van der Waals surface area contributed by atoms with Crippen LogP contribution in [0.15, 0.2) is 22.7 Å². The smallest absolute Gasteiger partial charge is 0.224 e. The minimum Gasteiger partial charge on any atom is -0.378 e. The topological polar surface area (TPSA) is 38.3 Å². The number of carbonyl (C=O) groups excluding carboxylic acids is 1. The van der Waals surface area contributed by atoms with E-state index < -0.39 is 0 Å². The maximum Gasteiger partial charge on any atom is 0.224 e. The van der Waals surface area contributed by atoms with Crippen LogP contribution in [-0.4, -0.2) is 18.6 Å². The van der Waals surface area contributed by atoms with Gasteiger partial charge in [0, 0.05) is 17.5 Å².